The first-order valence-electron chi connectivity index (χ1n) is 7.21. The monoisotopic (exact) mass is 300 g/mol. The SMILES string of the molecule is COC(=O)CC[C@H](NC(C)=O)c1nc2ccccc2cc1C. The average Bonchev–Trinajstić information content (AvgIpc) is 2.50. The quantitative estimate of drug-likeness (QED) is 0.862. The molecule has 0 aliphatic rings. The van der Waals surface area contributed by atoms with E-state index in [2.05, 4.69) is 15.0 Å². The molecule has 0 spiro atoms. The van der Waals surface area contributed by atoms with Crippen LogP contribution in [0.5, 0.6) is 0 Å². The fourth-order valence-electron chi connectivity index (χ4n) is 2.48. The van der Waals surface area contributed by atoms with Crippen molar-refractivity contribution in [2.75, 3.05) is 7.11 Å². The Kier molecular flexibility index (Phi) is 5.09. The molecule has 0 saturated carbocycles. The summed E-state index contributed by atoms with van der Waals surface area (Å²) in [4.78, 5) is 27.5. The van der Waals surface area contributed by atoms with Crippen molar-refractivity contribution in [3.63, 3.8) is 0 Å². The van der Waals surface area contributed by atoms with Crippen LogP contribution in [0.1, 0.15) is 37.1 Å². The van der Waals surface area contributed by atoms with Gasteiger partial charge in [0, 0.05) is 18.7 Å². The smallest absolute Gasteiger partial charge is 0.305 e. The summed E-state index contributed by atoms with van der Waals surface area (Å²) in [6.07, 6.45) is 0.688. The molecule has 0 unspecified atom stereocenters. The lowest BCUT2D eigenvalue weighted by molar-refractivity contribution is -0.141. The summed E-state index contributed by atoms with van der Waals surface area (Å²) in [5.74, 6) is -0.446. The number of nitrogens with zero attached hydrogens (tertiary/aromatic N) is 1. The van der Waals surface area contributed by atoms with E-state index < -0.39 is 0 Å². The molecule has 0 fully saturated rings. The number of esters is 1. The average molecular weight is 300 g/mol. The van der Waals surface area contributed by atoms with Crippen LogP contribution in [0.3, 0.4) is 0 Å². The van der Waals surface area contributed by atoms with Crippen molar-refractivity contribution in [1.29, 1.82) is 0 Å². The first-order valence-corrected chi connectivity index (χ1v) is 7.21. The minimum atomic E-state index is -0.304. The number of rotatable bonds is 5. The van der Waals surface area contributed by atoms with Crippen molar-refractivity contribution in [3.8, 4) is 0 Å². The van der Waals surface area contributed by atoms with E-state index in [1.165, 1.54) is 14.0 Å². The Labute approximate surface area is 129 Å². The molecular weight excluding hydrogens is 280 g/mol. The van der Waals surface area contributed by atoms with E-state index in [4.69, 9.17) is 0 Å². The fraction of sp³-hybridized carbons (Fsp3) is 0.353. The van der Waals surface area contributed by atoms with Gasteiger partial charge in [0.1, 0.15) is 0 Å². The number of fused-ring (bicyclic) bond motifs is 1. The molecule has 1 amide bonds. The normalized spacial score (nSPS) is 12.0. The molecule has 0 aliphatic carbocycles. The number of hydrogen-bond acceptors (Lipinski definition) is 4. The van der Waals surface area contributed by atoms with Crippen molar-refractivity contribution in [2.45, 2.75) is 32.7 Å². The minimum Gasteiger partial charge on any atom is -0.469 e. The highest BCUT2D eigenvalue weighted by molar-refractivity contribution is 5.80. The molecule has 5 nitrogen and oxygen atoms in total. The van der Waals surface area contributed by atoms with E-state index in [-0.39, 0.29) is 24.3 Å². The van der Waals surface area contributed by atoms with Gasteiger partial charge in [0.15, 0.2) is 0 Å². The number of amides is 1. The highest BCUT2D eigenvalue weighted by Crippen LogP contribution is 2.24. The van der Waals surface area contributed by atoms with Gasteiger partial charge in [0.05, 0.1) is 24.4 Å². The summed E-state index contributed by atoms with van der Waals surface area (Å²) in [6, 6.07) is 9.57. The third-order valence-electron chi connectivity index (χ3n) is 3.53. The highest BCUT2D eigenvalue weighted by Gasteiger charge is 2.19. The first-order chi connectivity index (χ1) is 10.5. The maximum atomic E-state index is 11.5. The van der Waals surface area contributed by atoms with Crippen LogP contribution in [0.2, 0.25) is 0 Å². The van der Waals surface area contributed by atoms with Gasteiger partial charge < -0.3 is 10.1 Å². The van der Waals surface area contributed by atoms with E-state index in [0.717, 1.165) is 22.2 Å². The molecule has 5 heteroatoms. The third-order valence-corrected chi connectivity index (χ3v) is 3.53. The van der Waals surface area contributed by atoms with Gasteiger partial charge >= 0.3 is 5.97 Å². The summed E-state index contributed by atoms with van der Waals surface area (Å²) in [7, 11) is 1.36. The van der Waals surface area contributed by atoms with Crippen molar-refractivity contribution >= 4 is 22.8 Å². The first kappa shape index (κ1) is 15.9. The minimum absolute atomic E-state index is 0.149. The number of methoxy groups -OCH3 is 1. The lowest BCUT2D eigenvalue weighted by atomic mass is 10.0. The number of pyridine rings is 1. The van der Waals surface area contributed by atoms with Gasteiger partial charge in [0.25, 0.3) is 0 Å². The molecule has 0 radical (unpaired) electrons. The molecule has 116 valence electrons. The van der Waals surface area contributed by atoms with Crippen LogP contribution in [-0.2, 0) is 14.3 Å². The van der Waals surface area contributed by atoms with Crippen LogP contribution < -0.4 is 5.32 Å². The highest BCUT2D eigenvalue weighted by atomic mass is 16.5. The number of ether oxygens (including phenoxy) is 1. The number of hydrogen-bond donors (Lipinski definition) is 1. The van der Waals surface area contributed by atoms with E-state index in [9.17, 15) is 9.59 Å². The number of nitrogens with one attached hydrogen (secondary N) is 1. The molecule has 1 aromatic heterocycles. The molecule has 1 N–H and O–H groups in total. The van der Waals surface area contributed by atoms with Crippen molar-refractivity contribution in [1.82, 2.24) is 10.3 Å². The lowest BCUT2D eigenvalue weighted by Crippen LogP contribution is -2.28. The zero-order valence-electron chi connectivity index (χ0n) is 13.1. The van der Waals surface area contributed by atoms with Gasteiger partial charge in [-0.1, -0.05) is 18.2 Å². The van der Waals surface area contributed by atoms with Gasteiger partial charge in [0.2, 0.25) is 5.91 Å². The second-order valence-corrected chi connectivity index (χ2v) is 5.25. The van der Waals surface area contributed by atoms with Gasteiger partial charge in [-0.15, -0.1) is 0 Å². The molecule has 22 heavy (non-hydrogen) atoms. The summed E-state index contributed by atoms with van der Waals surface area (Å²) in [5.41, 5.74) is 2.65. The molecular formula is C17H20N2O3. The molecule has 0 saturated heterocycles. The molecule has 0 aliphatic heterocycles. The zero-order chi connectivity index (χ0) is 16.1. The number of benzene rings is 1. The van der Waals surface area contributed by atoms with E-state index in [0.29, 0.717) is 6.42 Å². The van der Waals surface area contributed by atoms with Crippen LogP contribution in [0.25, 0.3) is 10.9 Å². The Morgan fingerprint density at radius 1 is 1.32 bits per heavy atom. The summed E-state index contributed by atoms with van der Waals surface area (Å²) >= 11 is 0. The van der Waals surface area contributed by atoms with E-state index in [1.807, 2.05) is 37.3 Å². The second kappa shape index (κ2) is 7.02. The molecule has 1 heterocycles. The Morgan fingerprint density at radius 3 is 2.73 bits per heavy atom. The summed E-state index contributed by atoms with van der Waals surface area (Å²) < 4.78 is 4.67. The molecule has 1 atom stereocenters. The lowest BCUT2D eigenvalue weighted by Gasteiger charge is -2.19. The Morgan fingerprint density at radius 2 is 2.05 bits per heavy atom. The maximum absolute atomic E-state index is 11.5. The Hall–Kier alpha value is -2.43. The topological polar surface area (TPSA) is 68.3 Å². The molecule has 2 rings (SSSR count). The number of aryl methyl sites for hydroxylation is 1. The van der Waals surface area contributed by atoms with Crippen LogP contribution in [0.15, 0.2) is 30.3 Å². The van der Waals surface area contributed by atoms with Crippen molar-refractivity contribution in [3.05, 3.63) is 41.6 Å². The largest absolute Gasteiger partial charge is 0.469 e. The molecule has 1 aromatic carbocycles. The zero-order valence-corrected chi connectivity index (χ0v) is 13.1. The van der Waals surface area contributed by atoms with Gasteiger partial charge in [-0.25, -0.2) is 0 Å². The number of para-hydroxylation sites is 1. The van der Waals surface area contributed by atoms with Crippen LogP contribution in [-0.4, -0.2) is 24.0 Å². The summed E-state index contributed by atoms with van der Waals surface area (Å²) in [5, 5.41) is 3.93. The fourth-order valence-corrected chi connectivity index (χ4v) is 2.48. The Balaban J connectivity index is 2.34. The maximum Gasteiger partial charge on any atom is 0.305 e. The van der Waals surface area contributed by atoms with Crippen LogP contribution >= 0.6 is 0 Å². The van der Waals surface area contributed by atoms with Gasteiger partial charge in [-0.3, -0.25) is 14.6 Å². The van der Waals surface area contributed by atoms with E-state index >= 15 is 0 Å². The number of aromatic nitrogens is 1. The standard InChI is InChI=1S/C17H20N2O3/c1-11-10-13-6-4-5-7-14(13)19-17(11)15(18-12(2)20)8-9-16(21)22-3/h4-7,10,15H,8-9H2,1-3H3,(H,18,20)/t15-/m0/s1. The predicted molar refractivity (Wildman–Crippen MR) is 84.3 cm³/mol. The number of carbonyl (C=O) groups excluding carboxylic acids is 2. The molecule has 2 aromatic rings. The van der Waals surface area contributed by atoms with Crippen molar-refractivity contribution in [2.24, 2.45) is 0 Å². The third kappa shape index (κ3) is 3.81. The Bertz CT molecular complexity index is 697. The van der Waals surface area contributed by atoms with Crippen LogP contribution in [0, 0.1) is 6.92 Å². The van der Waals surface area contributed by atoms with Gasteiger partial charge in [-0.2, -0.15) is 0 Å². The van der Waals surface area contributed by atoms with Crippen molar-refractivity contribution < 1.29 is 14.3 Å². The molecule has 0 bridgehead atoms. The van der Waals surface area contributed by atoms with E-state index in [1.54, 1.807) is 0 Å². The second-order valence-electron chi connectivity index (χ2n) is 5.25. The predicted octanol–water partition coefficient (Wildman–Crippen LogP) is 2.67. The van der Waals surface area contributed by atoms with Crippen LogP contribution in [0.4, 0.5) is 0 Å². The number of carbonyl (C=O) groups is 2. The van der Waals surface area contributed by atoms with Gasteiger partial charge in [-0.05, 0) is 31.0 Å². The summed E-state index contributed by atoms with van der Waals surface area (Å²) in [6.45, 7) is 3.42.